The van der Waals surface area contributed by atoms with E-state index in [-0.39, 0.29) is 24.2 Å². The molecule has 4 heteroatoms. The van der Waals surface area contributed by atoms with Crippen LogP contribution in [0.15, 0.2) is 0 Å². The quantitative estimate of drug-likeness (QED) is 0.834. The number of nitrogens with one attached hydrogen (secondary N) is 1. The predicted molar refractivity (Wildman–Crippen MR) is 69.3 cm³/mol. The first kappa shape index (κ1) is 13.8. The van der Waals surface area contributed by atoms with Gasteiger partial charge in [0.15, 0.2) is 0 Å². The number of carbonyl (C=O) groups is 1. The highest BCUT2D eigenvalue weighted by Gasteiger charge is 2.31. The third-order valence-electron chi connectivity index (χ3n) is 3.69. The minimum atomic E-state index is -0.230. The Morgan fingerprint density at radius 2 is 1.94 bits per heavy atom. The van der Waals surface area contributed by atoms with Gasteiger partial charge in [-0.25, -0.2) is 0 Å². The molecule has 1 N–H and O–H groups in total. The second kappa shape index (κ2) is 6.53. The molecule has 0 spiro atoms. The van der Waals surface area contributed by atoms with Crippen molar-refractivity contribution in [1.29, 1.82) is 0 Å². The number of carbonyl (C=O) groups excluding carboxylic acids is 1. The zero-order valence-electron chi connectivity index (χ0n) is 11.5. The summed E-state index contributed by atoms with van der Waals surface area (Å²) in [5, 5.41) is 3.13. The molecular formula is C14H25NO3. The van der Waals surface area contributed by atoms with E-state index in [0.29, 0.717) is 12.5 Å². The molecule has 104 valence electrons. The normalized spacial score (nSPS) is 32.7. The first-order valence-electron chi connectivity index (χ1n) is 7.20. The Morgan fingerprint density at radius 1 is 1.22 bits per heavy atom. The lowest BCUT2D eigenvalue weighted by molar-refractivity contribution is -0.133. The molecule has 2 saturated heterocycles. The van der Waals surface area contributed by atoms with E-state index in [1.807, 2.05) is 0 Å². The summed E-state index contributed by atoms with van der Waals surface area (Å²) in [5.41, 5.74) is 0. The molecule has 0 aromatic rings. The van der Waals surface area contributed by atoms with Crippen LogP contribution in [0.5, 0.6) is 0 Å². The molecule has 0 aromatic heterocycles. The fourth-order valence-electron chi connectivity index (χ4n) is 2.76. The summed E-state index contributed by atoms with van der Waals surface area (Å²) < 4.78 is 11.2. The Balaban J connectivity index is 1.86. The van der Waals surface area contributed by atoms with Gasteiger partial charge >= 0.3 is 0 Å². The maximum atomic E-state index is 12.1. The number of rotatable bonds is 4. The summed E-state index contributed by atoms with van der Waals surface area (Å²) in [6.45, 7) is 5.92. The van der Waals surface area contributed by atoms with Crippen LogP contribution in [0.3, 0.4) is 0 Å². The standard InChI is InChI=1S/C14H25NO3/c1-10(2)9-13-11(5-3-7-18-13)15-14(16)12-6-4-8-17-12/h10-13H,3-9H2,1-2H3,(H,15,16). The highest BCUT2D eigenvalue weighted by molar-refractivity contribution is 5.81. The van der Waals surface area contributed by atoms with E-state index in [2.05, 4.69) is 19.2 Å². The van der Waals surface area contributed by atoms with Gasteiger partial charge in [-0.1, -0.05) is 13.8 Å². The lowest BCUT2D eigenvalue weighted by atomic mass is 9.94. The van der Waals surface area contributed by atoms with Crippen molar-refractivity contribution in [3.05, 3.63) is 0 Å². The monoisotopic (exact) mass is 255 g/mol. The van der Waals surface area contributed by atoms with Crippen molar-refractivity contribution in [3.63, 3.8) is 0 Å². The lowest BCUT2D eigenvalue weighted by Gasteiger charge is -2.34. The van der Waals surface area contributed by atoms with E-state index in [1.165, 1.54) is 0 Å². The van der Waals surface area contributed by atoms with Gasteiger partial charge in [0.1, 0.15) is 6.10 Å². The molecule has 2 heterocycles. The average molecular weight is 255 g/mol. The molecule has 3 atom stereocenters. The van der Waals surface area contributed by atoms with Crippen molar-refractivity contribution in [2.75, 3.05) is 13.2 Å². The van der Waals surface area contributed by atoms with Crippen molar-refractivity contribution in [2.45, 2.75) is 64.2 Å². The molecule has 2 rings (SSSR count). The first-order chi connectivity index (χ1) is 8.66. The van der Waals surface area contributed by atoms with Gasteiger partial charge in [0, 0.05) is 13.2 Å². The minimum absolute atomic E-state index is 0.0526. The van der Waals surface area contributed by atoms with Crippen molar-refractivity contribution >= 4 is 5.91 Å². The second-order valence-electron chi connectivity index (χ2n) is 5.80. The van der Waals surface area contributed by atoms with Gasteiger partial charge in [0.05, 0.1) is 12.1 Å². The van der Waals surface area contributed by atoms with Crippen LogP contribution >= 0.6 is 0 Å². The number of ether oxygens (including phenoxy) is 2. The van der Waals surface area contributed by atoms with Crippen molar-refractivity contribution in [1.82, 2.24) is 5.32 Å². The summed E-state index contributed by atoms with van der Waals surface area (Å²) >= 11 is 0. The molecule has 2 aliphatic heterocycles. The molecule has 2 aliphatic rings. The topological polar surface area (TPSA) is 47.6 Å². The Labute approximate surface area is 109 Å². The van der Waals surface area contributed by atoms with Crippen molar-refractivity contribution < 1.29 is 14.3 Å². The van der Waals surface area contributed by atoms with Crippen LogP contribution in [0.25, 0.3) is 0 Å². The van der Waals surface area contributed by atoms with Gasteiger partial charge < -0.3 is 14.8 Å². The van der Waals surface area contributed by atoms with Gasteiger partial charge in [0.25, 0.3) is 0 Å². The molecule has 1 amide bonds. The average Bonchev–Trinajstić information content (AvgIpc) is 2.84. The maximum Gasteiger partial charge on any atom is 0.249 e. The van der Waals surface area contributed by atoms with Crippen LogP contribution in [0, 0.1) is 5.92 Å². The zero-order chi connectivity index (χ0) is 13.0. The molecule has 0 aromatic carbocycles. The summed E-state index contributed by atoms with van der Waals surface area (Å²) in [6.07, 6.45) is 4.86. The number of hydrogen-bond donors (Lipinski definition) is 1. The molecule has 3 unspecified atom stereocenters. The molecule has 0 bridgehead atoms. The first-order valence-corrected chi connectivity index (χ1v) is 7.20. The van der Waals surface area contributed by atoms with E-state index < -0.39 is 0 Å². The van der Waals surface area contributed by atoms with Gasteiger partial charge in [-0.3, -0.25) is 4.79 Å². The highest BCUT2D eigenvalue weighted by Crippen LogP contribution is 2.21. The van der Waals surface area contributed by atoms with Crippen LogP contribution in [0.4, 0.5) is 0 Å². The van der Waals surface area contributed by atoms with E-state index in [1.54, 1.807) is 0 Å². The molecule has 18 heavy (non-hydrogen) atoms. The summed E-state index contributed by atoms with van der Waals surface area (Å²) in [7, 11) is 0. The van der Waals surface area contributed by atoms with Gasteiger partial charge in [-0.15, -0.1) is 0 Å². The van der Waals surface area contributed by atoms with Crippen molar-refractivity contribution in [2.24, 2.45) is 5.92 Å². The third-order valence-corrected chi connectivity index (χ3v) is 3.69. The van der Waals surface area contributed by atoms with Crippen LogP contribution in [-0.4, -0.2) is 37.4 Å². The predicted octanol–water partition coefficient (Wildman–Crippen LogP) is 1.88. The molecular weight excluding hydrogens is 230 g/mol. The van der Waals surface area contributed by atoms with Crippen LogP contribution in [-0.2, 0) is 14.3 Å². The minimum Gasteiger partial charge on any atom is -0.376 e. The van der Waals surface area contributed by atoms with Gasteiger partial charge in [-0.05, 0) is 38.0 Å². The smallest absolute Gasteiger partial charge is 0.249 e. The van der Waals surface area contributed by atoms with E-state index in [4.69, 9.17) is 9.47 Å². The fourth-order valence-corrected chi connectivity index (χ4v) is 2.76. The molecule has 0 saturated carbocycles. The van der Waals surface area contributed by atoms with Crippen molar-refractivity contribution in [3.8, 4) is 0 Å². The summed E-state index contributed by atoms with van der Waals surface area (Å²) in [5.74, 6) is 0.645. The number of amides is 1. The maximum absolute atomic E-state index is 12.1. The van der Waals surface area contributed by atoms with E-state index in [9.17, 15) is 4.79 Å². The Kier molecular flexibility index (Phi) is 5.01. The lowest BCUT2D eigenvalue weighted by Crippen LogP contribution is -2.50. The van der Waals surface area contributed by atoms with Crippen LogP contribution in [0.2, 0.25) is 0 Å². The van der Waals surface area contributed by atoms with E-state index >= 15 is 0 Å². The van der Waals surface area contributed by atoms with Gasteiger partial charge in [-0.2, -0.15) is 0 Å². The SMILES string of the molecule is CC(C)CC1OCCCC1NC(=O)C1CCCO1. The zero-order valence-corrected chi connectivity index (χ0v) is 11.5. The Bertz CT molecular complexity index is 274. The van der Waals surface area contributed by atoms with E-state index in [0.717, 1.165) is 38.7 Å². The molecule has 4 nitrogen and oxygen atoms in total. The second-order valence-corrected chi connectivity index (χ2v) is 5.80. The molecule has 0 radical (unpaired) electrons. The fraction of sp³-hybridized carbons (Fsp3) is 0.929. The highest BCUT2D eigenvalue weighted by atomic mass is 16.5. The largest absolute Gasteiger partial charge is 0.376 e. The Morgan fingerprint density at radius 3 is 2.61 bits per heavy atom. The van der Waals surface area contributed by atoms with Gasteiger partial charge in [0.2, 0.25) is 5.91 Å². The third kappa shape index (κ3) is 3.69. The van der Waals surface area contributed by atoms with Crippen LogP contribution < -0.4 is 5.32 Å². The van der Waals surface area contributed by atoms with Crippen LogP contribution in [0.1, 0.15) is 46.0 Å². The summed E-state index contributed by atoms with van der Waals surface area (Å²) in [6, 6.07) is 0.165. The number of hydrogen-bond acceptors (Lipinski definition) is 3. The molecule has 2 fully saturated rings. The Hall–Kier alpha value is -0.610. The summed E-state index contributed by atoms with van der Waals surface area (Å²) in [4.78, 5) is 12.1. The molecule has 0 aliphatic carbocycles.